The molecule has 2 aromatic rings. The molecule has 0 amide bonds. The largest absolute Gasteiger partial charge is 0.506 e. The topological polar surface area (TPSA) is 46.3 Å². The number of nitrogens with one attached hydrogen (secondary N) is 1. The standard InChI is InChI=1S/C19H20Cl2N2O2/c20-17-9-16(19(24)18(21)10-17)12-22-11-14-1-3-15(4-2-14)13-23-5-7-25-8-6-23/h1-4,9-10,12,24H,5-8,11,13H2/p+1. The predicted octanol–water partition coefficient (Wildman–Crippen LogP) is 2.73. The summed E-state index contributed by atoms with van der Waals surface area (Å²) in [6.07, 6.45) is 1.60. The van der Waals surface area contributed by atoms with Gasteiger partial charge in [-0.2, -0.15) is 0 Å². The number of phenols is 1. The van der Waals surface area contributed by atoms with Crippen LogP contribution in [-0.4, -0.2) is 37.6 Å². The van der Waals surface area contributed by atoms with E-state index in [9.17, 15) is 5.11 Å². The number of rotatable bonds is 5. The van der Waals surface area contributed by atoms with Crippen molar-refractivity contribution in [2.45, 2.75) is 13.1 Å². The number of aromatic hydroxyl groups is 1. The van der Waals surface area contributed by atoms with Gasteiger partial charge in [0.15, 0.2) is 0 Å². The fraction of sp³-hybridized carbons (Fsp3) is 0.316. The molecule has 132 valence electrons. The molecule has 0 unspecified atom stereocenters. The van der Waals surface area contributed by atoms with E-state index in [2.05, 4.69) is 29.3 Å². The normalized spacial score (nSPS) is 15.8. The Morgan fingerprint density at radius 1 is 1.08 bits per heavy atom. The third kappa shape index (κ3) is 5.19. The lowest BCUT2D eigenvalue weighted by Crippen LogP contribution is -3.12. The van der Waals surface area contributed by atoms with Crippen LogP contribution in [0.3, 0.4) is 0 Å². The highest BCUT2D eigenvalue weighted by Crippen LogP contribution is 2.30. The van der Waals surface area contributed by atoms with E-state index in [1.807, 2.05) is 0 Å². The van der Waals surface area contributed by atoms with Gasteiger partial charge in [-0.1, -0.05) is 47.5 Å². The van der Waals surface area contributed by atoms with Crippen LogP contribution in [0.15, 0.2) is 41.4 Å². The number of morpholine rings is 1. The first kappa shape index (κ1) is 18.2. The van der Waals surface area contributed by atoms with Gasteiger partial charge in [0.2, 0.25) is 0 Å². The minimum Gasteiger partial charge on any atom is -0.506 e. The lowest BCUT2D eigenvalue weighted by molar-refractivity contribution is -0.921. The number of nitrogens with zero attached hydrogens (tertiary/aromatic N) is 1. The number of halogens is 2. The zero-order valence-corrected chi connectivity index (χ0v) is 15.4. The van der Waals surface area contributed by atoms with Crippen molar-refractivity contribution in [3.63, 3.8) is 0 Å². The quantitative estimate of drug-likeness (QED) is 0.784. The number of phenolic OH excluding ortho intramolecular Hbond substituents is 1. The molecule has 2 N–H and O–H groups in total. The first-order chi connectivity index (χ1) is 12.1. The molecule has 1 aliphatic heterocycles. The molecule has 0 radical (unpaired) electrons. The lowest BCUT2D eigenvalue weighted by atomic mass is 10.1. The van der Waals surface area contributed by atoms with Gasteiger partial charge in [0.1, 0.15) is 25.4 Å². The maximum Gasteiger partial charge on any atom is 0.143 e. The van der Waals surface area contributed by atoms with Crippen molar-refractivity contribution in [1.29, 1.82) is 0 Å². The SMILES string of the molecule is Oc1c(Cl)cc(Cl)cc1C=NCc1ccc(C[NH+]2CCOCC2)cc1. The minimum absolute atomic E-state index is 0.00125. The van der Waals surface area contributed by atoms with Crippen LogP contribution in [0.2, 0.25) is 10.0 Å². The van der Waals surface area contributed by atoms with E-state index in [4.69, 9.17) is 27.9 Å². The van der Waals surface area contributed by atoms with Crippen LogP contribution in [0.4, 0.5) is 0 Å². The first-order valence-corrected chi connectivity index (χ1v) is 9.04. The summed E-state index contributed by atoms with van der Waals surface area (Å²) in [5, 5.41) is 10.6. The summed E-state index contributed by atoms with van der Waals surface area (Å²) in [6.45, 7) is 5.40. The van der Waals surface area contributed by atoms with E-state index in [0.29, 0.717) is 17.1 Å². The Morgan fingerprint density at radius 2 is 1.76 bits per heavy atom. The lowest BCUT2D eigenvalue weighted by Gasteiger charge is -2.23. The summed E-state index contributed by atoms with van der Waals surface area (Å²) in [5.41, 5.74) is 2.96. The average molecular weight is 380 g/mol. The minimum atomic E-state index is -0.00125. The summed E-state index contributed by atoms with van der Waals surface area (Å²) in [7, 11) is 0. The van der Waals surface area contributed by atoms with Crippen LogP contribution in [0.1, 0.15) is 16.7 Å². The highest BCUT2D eigenvalue weighted by molar-refractivity contribution is 6.36. The summed E-state index contributed by atoms with van der Waals surface area (Å²) in [4.78, 5) is 5.94. The smallest absolute Gasteiger partial charge is 0.143 e. The predicted molar refractivity (Wildman–Crippen MR) is 101 cm³/mol. The van der Waals surface area contributed by atoms with Gasteiger partial charge in [0.05, 0.1) is 24.8 Å². The Balaban J connectivity index is 1.58. The Hall–Kier alpha value is -1.59. The van der Waals surface area contributed by atoms with Crippen molar-refractivity contribution < 1.29 is 14.7 Å². The Morgan fingerprint density at radius 3 is 2.48 bits per heavy atom. The van der Waals surface area contributed by atoms with Gasteiger partial charge in [-0.15, -0.1) is 0 Å². The molecule has 3 rings (SSSR count). The molecule has 25 heavy (non-hydrogen) atoms. The molecule has 2 aromatic carbocycles. The molecular weight excluding hydrogens is 359 g/mol. The Kier molecular flexibility index (Phi) is 6.32. The summed E-state index contributed by atoms with van der Waals surface area (Å²) in [6, 6.07) is 11.6. The monoisotopic (exact) mass is 379 g/mol. The maximum absolute atomic E-state index is 9.92. The molecule has 0 spiro atoms. The van der Waals surface area contributed by atoms with Gasteiger partial charge < -0.3 is 14.7 Å². The Bertz CT molecular complexity index is 742. The molecule has 1 aliphatic rings. The number of hydrogen-bond acceptors (Lipinski definition) is 3. The highest BCUT2D eigenvalue weighted by Gasteiger charge is 2.13. The van der Waals surface area contributed by atoms with E-state index in [-0.39, 0.29) is 10.8 Å². The summed E-state index contributed by atoms with van der Waals surface area (Å²) < 4.78 is 5.39. The molecule has 0 aliphatic carbocycles. The van der Waals surface area contributed by atoms with Crippen LogP contribution in [0.25, 0.3) is 0 Å². The van der Waals surface area contributed by atoms with Crippen LogP contribution in [0, 0.1) is 0 Å². The molecule has 1 heterocycles. The highest BCUT2D eigenvalue weighted by atomic mass is 35.5. The van der Waals surface area contributed by atoms with E-state index in [0.717, 1.165) is 38.4 Å². The molecule has 0 aromatic heterocycles. The van der Waals surface area contributed by atoms with E-state index >= 15 is 0 Å². The van der Waals surface area contributed by atoms with Crippen LogP contribution in [-0.2, 0) is 17.8 Å². The number of benzene rings is 2. The van der Waals surface area contributed by atoms with Crippen molar-refractivity contribution in [2.75, 3.05) is 26.3 Å². The third-order valence-corrected chi connectivity index (χ3v) is 4.75. The van der Waals surface area contributed by atoms with Crippen LogP contribution >= 0.6 is 23.2 Å². The van der Waals surface area contributed by atoms with Crippen molar-refractivity contribution in [3.8, 4) is 5.75 Å². The second-order valence-electron chi connectivity index (χ2n) is 6.15. The summed E-state index contributed by atoms with van der Waals surface area (Å²) in [5.74, 6) is -0.00125. The molecule has 1 saturated heterocycles. The molecule has 0 bridgehead atoms. The second-order valence-corrected chi connectivity index (χ2v) is 6.99. The van der Waals surface area contributed by atoms with Crippen molar-refractivity contribution in [2.24, 2.45) is 4.99 Å². The average Bonchev–Trinajstić information content (AvgIpc) is 2.61. The molecule has 6 heteroatoms. The molecule has 1 fully saturated rings. The van der Waals surface area contributed by atoms with Crippen LogP contribution in [0.5, 0.6) is 5.75 Å². The first-order valence-electron chi connectivity index (χ1n) is 8.29. The number of hydrogen-bond donors (Lipinski definition) is 2. The van der Waals surface area contributed by atoms with Gasteiger partial charge in [-0.25, -0.2) is 0 Å². The number of ether oxygens (including phenoxy) is 1. The zero-order valence-electron chi connectivity index (χ0n) is 13.8. The van der Waals surface area contributed by atoms with Crippen molar-refractivity contribution in [3.05, 3.63) is 63.1 Å². The van der Waals surface area contributed by atoms with Gasteiger partial charge in [0.25, 0.3) is 0 Å². The van der Waals surface area contributed by atoms with E-state index in [1.54, 1.807) is 17.2 Å². The van der Waals surface area contributed by atoms with Crippen LogP contribution < -0.4 is 4.90 Å². The van der Waals surface area contributed by atoms with E-state index < -0.39 is 0 Å². The summed E-state index contributed by atoms with van der Waals surface area (Å²) >= 11 is 11.9. The molecular formula is C19H21Cl2N2O2+. The third-order valence-electron chi connectivity index (χ3n) is 4.24. The Labute approximate surface area is 157 Å². The van der Waals surface area contributed by atoms with E-state index in [1.165, 1.54) is 11.6 Å². The number of aliphatic imine (C=N–C) groups is 1. The fourth-order valence-corrected chi connectivity index (χ4v) is 3.33. The van der Waals surface area contributed by atoms with Gasteiger partial charge in [-0.3, -0.25) is 4.99 Å². The number of quaternary nitrogens is 1. The molecule has 0 atom stereocenters. The molecule has 0 saturated carbocycles. The molecule has 4 nitrogen and oxygen atoms in total. The second kappa shape index (κ2) is 8.68. The maximum atomic E-state index is 9.92. The van der Waals surface area contributed by atoms with Crippen molar-refractivity contribution in [1.82, 2.24) is 0 Å². The zero-order chi connectivity index (χ0) is 17.6. The fourth-order valence-electron chi connectivity index (χ4n) is 2.82. The van der Waals surface area contributed by atoms with Gasteiger partial charge in [-0.05, 0) is 17.7 Å². The van der Waals surface area contributed by atoms with Gasteiger partial charge in [0, 0.05) is 22.4 Å². The van der Waals surface area contributed by atoms with Crippen molar-refractivity contribution >= 4 is 29.4 Å². The van der Waals surface area contributed by atoms with Gasteiger partial charge >= 0.3 is 0 Å².